The second kappa shape index (κ2) is 11.9. The van der Waals surface area contributed by atoms with E-state index in [9.17, 15) is 9.59 Å². The van der Waals surface area contributed by atoms with Gasteiger partial charge in [-0.05, 0) is 37.6 Å². The molecule has 148 valence electrons. The minimum Gasteiger partial charge on any atom is -0.358 e. The molecule has 2 rings (SSSR count). The summed E-state index contributed by atoms with van der Waals surface area (Å²) < 4.78 is 0. The third kappa shape index (κ3) is 7.69. The Balaban J connectivity index is 0.00000288. The van der Waals surface area contributed by atoms with Gasteiger partial charge in [0.1, 0.15) is 0 Å². The summed E-state index contributed by atoms with van der Waals surface area (Å²) in [6.45, 7) is 2.79. The van der Waals surface area contributed by atoms with Crippen molar-refractivity contribution in [3.8, 4) is 0 Å². The predicted octanol–water partition coefficient (Wildman–Crippen LogP) is 1.46. The maximum Gasteiger partial charge on any atom is 0.233 e. The molecule has 0 unspecified atom stereocenters. The number of rotatable bonds is 6. The van der Waals surface area contributed by atoms with Crippen LogP contribution >= 0.6 is 24.8 Å². The fourth-order valence-electron chi connectivity index (χ4n) is 3.89. The van der Waals surface area contributed by atoms with Crippen molar-refractivity contribution < 1.29 is 9.59 Å². The first kappa shape index (κ1) is 24.4. The molecule has 2 fully saturated rings. The van der Waals surface area contributed by atoms with Crippen LogP contribution in [0, 0.1) is 5.41 Å². The van der Waals surface area contributed by atoms with Gasteiger partial charge in [0.15, 0.2) is 0 Å². The van der Waals surface area contributed by atoms with Crippen LogP contribution in [0.3, 0.4) is 0 Å². The maximum atomic E-state index is 12.4. The number of carbonyl (C=O) groups excluding carboxylic acids is 2. The molecule has 25 heavy (non-hydrogen) atoms. The van der Waals surface area contributed by atoms with Gasteiger partial charge in [-0.1, -0.05) is 19.3 Å². The number of hydrogen-bond acceptors (Lipinski definition) is 4. The quantitative estimate of drug-likeness (QED) is 0.633. The van der Waals surface area contributed by atoms with E-state index in [-0.39, 0.29) is 48.1 Å². The van der Waals surface area contributed by atoms with Crippen LogP contribution < -0.4 is 16.4 Å². The third-order valence-corrected chi connectivity index (χ3v) is 5.48. The van der Waals surface area contributed by atoms with Crippen LogP contribution in [-0.2, 0) is 9.59 Å². The van der Waals surface area contributed by atoms with Crippen LogP contribution in [0.2, 0.25) is 0 Å². The number of halogens is 2. The van der Waals surface area contributed by atoms with Crippen molar-refractivity contribution in [1.82, 2.24) is 15.5 Å². The van der Waals surface area contributed by atoms with Gasteiger partial charge in [0.2, 0.25) is 11.8 Å². The van der Waals surface area contributed by atoms with Gasteiger partial charge in [0, 0.05) is 32.6 Å². The fourth-order valence-corrected chi connectivity index (χ4v) is 3.89. The van der Waals surface area contributed by atoms with Gasteiger partial charge in [-0.15, -0.1) is 24.8 Å². The molecule has 1 saturated carbocycles. The molecule has 1 aliphatic carbocycles. The summed E-state index contributed by atoms with van der Waals surface area (Å²) in [5.74, 6) is 0.205. The molecule has 2 amide bonds. The van der Waals surface area contributed by atoms with Gasteiger partial charge < -0.3 is 16.4 Å². The molecule has 0 aromatic rings. The molecular formula is C17H34Cl2N4O2. The Morgan fingerprint density at radius 3 is 2.20 bits per heavy atom. The van der Waals surface area contributed by atoms with Crippen molar-refractivity contribution in [3.05, 3.63) is 0 Å². The van der Waals surface area contributed by atoms with Crippen LogP contribution in [0.15, 0.2) is 0 Å². The summed E-state index contributed by atoms with van der Waals surface area (Å²) in [6.07, 6.45) is 8.24. The molecule has 0 spiro atoms. The number of nitrogens with two attached hydrogens (primary N) is 1. The number of hydrogen-bond donors (Lipinski definition) is 3. The second-order valence-electron chi connectivity index (χ2n) is 7.23. The lowest BCUT2D eigenvalue weighted by Crippen LogP contribution is -2.48. The lowest BCUT2D eigenvalue weighted by Gasteiger charge is -2.37. The Hall–Kier alpha value is -0.560. The van der Waals surface area contributed by atoms with Gasteiger partial charge in [0.25, 0.3) is 0 Å². The minimum absolute atomic E-state index is 0. The van der Waals surface area contributed by atoms with Crippen molar-refractivity contribution in [2.24, 2.45) is 11.1 Å². The van der Waals surface area contributed by atoms with Crippen LogP contribution in [0.5, 0.6) is 0 Å². The van der Waals surface area contributed by atoms with E-state index in [4.69, 9.17) is 5.73 Å². The lowest BCUT2D eigenvalue weighted by molar-refractivity contribution is -0.125. The monoisotopic (exact) mass is 396 g/mol. The van der Waals surface area contributed by atoms with E-state index in [2.05, 4.69) is 15.5 Å². The summed E-state index contributed by atoms with van der Waals surface area (Å²) >= 11 is 0. The summed E-state index contributed by atoms with van der Waals surface area (Å²) in [5, 5.41) is 5.84. The zero-order valence-electron chi connectivity index (χ0n) is 15.2. The van der Waals surface area contributed by atoms with Gasteiger partial charge in [0.05, 0.1) is 6.54 Å². The van der Waals surface area contributed by atoms with Crippen molar-refractivity contribution in [1.29, 1.82) is 0 Å². The van der Waals surface area contributed by atoms with Gasteiger partial charge in [-0.2, -0.15) is 0 Å². The molecule has 2 aliphatic rings. The van der Waals surface area contributed by atoms with Crippen LogP contribution in [-0.4, -0.2) is 56.0 Å². The second-order valence-corrected chi connectivity index (χ2v) is 7.23. The molecule has 0 radical (unpaired) electrons. The van der Waals surface area contributed by atoms with Crippen molar-refractivity contribution in [3.63, 3.8) is 0 Å². The number of carbonyl (C=O) groups is 2. The molecule has 1 aliphatic heterocycles. The van der Waals surface area contributed by atoms with E-state index in [1.165, 1.54) is 19.3 Å². The summed E-state index contributed by atoms with van der Waals surface area (Å²) in [7, 11) is 1.66. The van der Waals surface area contributed by atoms with Crippen molar-refractivity contribution >= 4 is 36.6 Å². The third-order valence-electron chi connectivity index (χ3n) is 5.48. The highest BCUT2D eigenvalue weighted by atomic mass is 35.5. The molecule has 0 bridgehead atoms. The Bertz CT molecular complexity index is 409. The average Bonchev–Trinajstić information content (AvgIpc) is 2.57. The van der Waals surface area contributed by atoms with Gasteiger partial charge in [-0.25, -0.2) is 0 Å². The van der Waals surface area contributed by atoms with E-state index < -0.39 is 0 Å². The Labute approximate surface area is 163 Å². The highest BCUT2D eigenvalue weighted by Gasteiger charge is 2.33. The number of piperidine rings is 1. The Kier molecular flexibility index (Phi) is 11.7. The first-order chi connectivity index (χ1) is 11.1. The highest BCUT2D eigenvalue weighted by molar-refractivity contribution is 5.85. The van der Waals surface area contributed by atoms with E-state index in [1.807, 2.05) is 0 Å². The smallest absolute Gasteiger partial charge is 0.233 e. The predicted molar refractivity (Wildman–Crippen MR) is 105 cm³/mol. The normalized spacial score (nSPS) is 20.7. The minimum atomic E-state index is 0. The van der Waals surface area contributed by atoms with E-state index in [1.54, 1.807) is 7.05 Å². The highest BCUT2D eigenvalue weighted by Crippen LogP contribution is 2.38. The summed E-state index contributed by atoms with van der Waals surface area (Å²) in [4.78, 5) is 25.9. The molecule has 8 heteroatoms. The zero-order chi connectivity index (χ0) is 16.7. The molecule has 4 N–H and O–H groups in total. The van der Waals surface area contributed by atoms with E-state index in [0.717, 1.165) is 38.8 Å². The topological polar surface area (TPSA) is 87.5 Å². The van der Waals surface area contributed by atoms with Gasteiger partial charge in [-0.3, -0.25) is 14.5 Å². The molecule has 0 aromatic carbocycles. The fraction of sp³-hybridized carbons (Fsp3) is 0.882. The first-order valence-electron chi connectivity index (χ1n) is 8.99. The van der Waals surface area contributed by atoms with Crippen molar-refractivity contribution in [2.45, 2.75) is 57.4 Å². The average molecular weight is 397 g/mol. The van der Waals surface area contributed by atoms with Gasteiger partial charge >= 0.3 is 0 Å². The standard InChI is InChI=1S/C17H32N4O2.2ClH/c1-19-16(23)12-21-9-5-14(6-10-21)20-15(22)11-17(13-18)7-3-2-4-8-17;;/h14H,2-13,18H2,1H3,(H,19,23)(H,20,22);2*1H. The zero-order valence-corrected chi connectivity index (χ0v) is 16.9. The lowest BCUT2D eigenvalue weighted by atomic mass is 9.71. The molecule has 6 nitrogen and oxygen atoms in total. The molecule has 0 aromatic heterocycles. The first-order valence-corrected chi connectivity index (χ1v) is 8.99. The number of nitrogens with one attached hydrogen (secondary N) is 2. The van der Waals surface area contributed by atoms with Crippen LogP contribution in [0.1, 0.15) is 51.4 Å². The molecular weight excluding hydrogens is 363 g/mol. The van der Waals surface area contributed by atoms with E-state index >= 15 is 0 Å². The Morgan fingerprint density at radius 1 is 1.08 bits per heavy atom. The van der Waals surface area contributed by atoms with Crippen LogP contribution in [0.25, 0.3) is 0 Å². The SMILES string of the molecule is CNC(=O)CN1CCC(NC(=O)CC2(CN)CCCCC2)CC1.Cl.Cl. The van der Waals surface area contributed by atoms with Crippen LogP contribution in [0.4, 0.5) is 0 Å². The molecule has 1 saturated heterocycles. The molecule has 1 heterocycles. The van der Waals surface area contributed by atoms with E-state index in [0.29, 0.717) is 19.5 Å². The number of amides is 2. The maximum absolute atomic E-state index is 12.4. The number of likely N-dealkylation sites (tertiary alicyclic amines) is 1. The largest absolute Gasteiger partial charge is 0.358 e. The summed E-state index contributed by atoms with van der Waals surface area (Å²) in [6, 6.07) is 0.238. The van der Waals surface area contributed by atoms with Crippen molar-refractivity contribution in [2.75, 3.05) is 33.2 Å². The Morgan fingerprint density at radius 2 is 1.68 bits per heavy atom. The number of nitrogens with zero attached hydrogens (tertiary/aromatic N) is 1. The molecule has 0 atom stereocenters. The number of likely N-dealkylation sites (N-methyl/N-ethyl adjacent to an activating group) is 1. The summed E-state index contributed by atoms with van der Waals surface area (Å²) in [5.41, 5.74) is 6.00.